The predicted octanol–water partition coefficient (Wildman–Crippen LogP) is 2.82. The highest BCUT2D eigenvalue weighted by Crippen LogP contribution is 2.14. The van der Waals surface area contributed by atoms with Crippen LogP contribution in [-0.2, 0) is 11.2 Å². The molecule has 1 saturated carbocycles. The number of hydrazone groups is 1. The molecule has 18 heavy (non-hydrogen) atoms. The van der Waals surface area contributed by atoms with Crippen molar-refractivity contribution in [3.05, 3.63) is 16.1 Å². The van der Waals surface area contributed by atoms with Crippen molar-refractivity contribution in [1.82, 2.24) is 10.4 Å². The zero-order valence-corrected chi connectivity index (χ0v) is 11.6. The van der Waals surface area contributed by atoms with Crippen LogP contribution in [-0.4, -0.2) is 16.6 Å². The minimum absolute atomic E-state index is 0.0684. The first-order valence-corrected chi connectivity index (χ1v) is 7.37. The molecule has 1 aliphatic carbocycles. The molecule has 2 rings (SSSR count). The quantitative estimate of drug-likeness (QED) is 0.675. The number of carbonyl (C=O) groups is 1. The fourth-order valence-electron chi connectivity index (χ4n) is 2.05. The summed E-state index contributed by atoms with van der Waals surface area (Å²) in [5.41, 5.74) is 4.76. The van der Waals surface area contributed by atoms with Gasteiger partial charge in [0, 0.05) is 16.8 Å². The van der Waals surface area contributed by atoms with E-state index in [2.05, 4.69) is 15.5 Å². The van der Waals surface area contributed by atoms with Gasteiger partial charge in [0.25, 0.3) is 0 Å². The van der Waals surface area contributed by atoms with Crippen molar-refractivity contribution in [1.29, 1.82) is 0 Å². The molecule has 0 aromatic carbocycles. The molecule has 1 fully saturated rings. The molecule has 0 bridgehead atoms. The lowest BCUT2D eigenvalue weighted by Crippen LogP contribution is -2.21. The van der Waals surface area contributed by atoms with Gasteiger partial charge >= 0.3 is 0 Å². The minimum atomic E-state index is -0.0684. The molecule has 0 saturated heterocycles. The van der Waals surface area contributed by atoms with Gasteiger partial charge in [0.1, 0.15) is 5.01 Å². The van der Waals surface area contributed by atoms with Crippen molar-refractivity contribution in [2.75, 3.05) is 0 Å². The third kappa shape index (κ3) is 4.22. The second-order valence-corrected chi connectivity index (χ2v) is 5.63. The third-order valence-corrected chi connectivity index (χ3v) is 3.96. The van der Waals surface area contributed by atoms with Crippen molar-refractivity contribution in [3.8, 4) is 0 Å². The third-order valence-electron chi connectivity index (χ3n) is 3.00. The van der Waals surface area contributed by atoms with Crippen molar-refractivity contribution in [2.45, 2.75) is 51.9 Å². The Morgan fingerprint density at radius 1 is 1.39 bits per heavy atom. The van der Waals surface area contributed by atoms with Gasteiger partial charge in [0.05, 0.1) is 6.42 Å². The molecule has 0 spiro atoms. The van der Waals surface area contributed by atoms with Crippen LogP contribution >= 0.6 is 11.3 Å². The average molecular weight is 265 g/mol. The fourth-order valence-corrected chi connectivity index (χ4v) is 2.82. The summed E-state index contributed by atoms with van der Waals surface area (Å²) in [4.78, 5) is 16.0. The normalized spacial score (nSPS) is 16.2. The van der Waals surface area contributed by atoms with Gasteiger partial charge in [-0.2, -0.15) is 5.10 Å². The number of rotatable bonds is 3. The molecule has 0 unspecified atom stereocenters. The Hall–Kier alpha value is -1.23. The maximum absolute atomic E-state index is 11.7. The Morgan fingerprint density at radius 3 is 2.72 bits per heavy atom. The van der Waals surface area contributed by atoms with Gasteiger partial charge in [-0.05, 0) is 32.6 Å². The van der Waals surface area contributed by atoms with Crippen molar-refractivity contribution in [2.24, 2.45) is 5.10 Å². The monoisotopic (exact) mass is 265 g/mol. The Labute approximate surface area is 112 Å². The highest BCUT2D eigenvalue weighted by molar-refractivity contribution is 7.09. The number of thiazole rings is 1. The topological polar surface area (TPSA) is 54.4 Å². The second-order valence-electron chi connectivity index (χ2n) is 4.69. The lowest BCUT2D eigenvalue weighted by Gasteiger charge is -2.02. The van der Waals surface area contributed by atoms with E-state index in [1.807, 2.05) is 12.3 Å². The Bertz CT molecular complexity index is 429. The summed E-state index contributed by atoms with van der Waals surface area (Å²) in [5, 5.41) is 7.05. The van der Waals surface area contributed by atoms with Gasteiger partial charge in [0.15, 0.2) is 0 Å². The first-order valence-electron chi connectivity index (χ1n) is 6.49. The molecule has 1 amide bonds. The number of hydrogen-bond donors (Lipinski definition) is 1. The van der Waals surface area contributed by atoms with Gasteiger partial charge in [-0.1, -0.05) is 12.8 Å². The van der Waals surface area contributed by atoms with E-state index in [1.54, 1.807) is 0 Å². The number of amides is 1. The maximum Gasteiger partial charge on any atom is 0.246 e. The van der Waals surface area contributed by atoms with Crippen LogP contribution in [0.15, 0.2) is 10.5 Å². The summed E-state index contributed by atoms with van der Waals surface area (Å²) in [7, 11) is 0. The van der Waals surface area contributed by atoms with E-state index in [0.29, 0.717) is 6.42 Å². The van der Waals surface area contributed by atoms with Crippen molar-refractivity contribution < 1.29 is 4.79 Å². The molecule has 1 aliphatic rings. The average Bonchev–Trinajstić information content (AvgIpc) is 2.62. The number of aromatic nitrogens is 1. The molecule has 1 heterocycles. The van der Waals surface area contributed by atoms with Crippen molar-refractivity contribution >= 4 is 23.0 Å². The van der Waals surface area contributed by atoms with Crippen LogP contribution in [0.4, 0.5) is 0 Å². The maximum atomic E-state index is 11.7. The number of nitrogens with zero attached hydrogens (tertiary/aromatic N) is 2. The number of hydrogen-bond acceptors (Lipinski definition) is 4. The van der Waals surface area contributed by atoms with Gasteiger partial charge in [-0.15, -0.1) is 11.3 Å². The summed E-state index contributed by atoms with van der Waals surface area (Å²) in [6.45, 7) is 1.93. The summed E-state index contributed by atoms with van der Waals surface area (Å²) in [5.74, 6) is -0.0684. The van der Waals surface area contributed by atoms with Gasteiger partial charge in [0.2, 0.25) is 5.91 Å². The molecule has 1 aromatic heterocycles. The van der Waals surface area contributed by atoms with Crippen molar-refractivity contribution in [3.63, 3.8) is 0 Å². The molecule has 0 radical (unpaired) electrons. The van der Waals surface area contributed by atoms with Crippen LogP contribution < -0.4 is 5.43 Å². The Kier molecular flexibility index (Phi) is 4.87. The summed E-state index contributed by atoms with van der Waals surface area (Å²) < 4.78 is 0. The zero-order valence-electron chi connectivity index (χ0n) is 10.7. The number of carbonyl (C=O) groups excluding carboxylic acids is 1. The first-order chi connectivity index (χ1) is 8.74. The van der Waals surface area contributed by atoms with Crippen LogP contribution in [0.3, 0.4) is 0 Å². The predicted molar refractivity (Wildman–Crippen MR) is 73.8 cm³/mol. The first kappa shape index (κ1) is 13.2. The lowest BCUT2D eigenvalue weighted by atomic mass is 10.2. The van der Waals surface area contributed by atoms with E-state index in [-0.39, 0.29) is 5.91 Å². The van der Waals surface area contributed by atoms with Crippen LogP contribution in [0.2, 0.25) is 0 Å². The zero-order chi connectivity index (χ0) is 12.8. The Morgan fingerprint density at radius 2 is 2.11 bits per heavy atom. The highest BCUT2D eigenvalue weighted by Gasteiger charge is 2.08. The molecule has 5 heteroatoms. The van der Waals surface area contributed by atoms with Gasteiger partial charge in [-0.25, -0.2) is 10.4 Å². The summed E-state index contributed by atoms with van der Waals surface area (Å²) in [6, 6.07) is 0. The van der Waals surface area contributed by atoms with Crippen LogP contribution in [0.1, 0.15) is 49.2 Å². The molecular weight excluding hydrogens is 246 g/mol. The molecule has 98 valence electrons. The van der Waals surface area contributed by atoms with E-state index < -0.39 is 0 Å². The van der Waals surface area contributed by atoms with E-state index >= 15 is 0 Å². The van der Waals surface area contributed by atoms with E-state index in [9.17, 15) is 4.79 Å². The summed E-state index contributed by atoms with van der Waals surface area (Å²) in [6.07, 6.45) is 7.33. The van der Waals surface area contributed by atoms with Crippen LogP contribution in [0.5, 0.6) is 0 Å². The molecule has 0 aliphatic heterocycles. The molecule has 1 aromatic rings. The molecule has 1 N–H and O–H groups in total. The van der Waals surface area contributed by atoms with Crippen LogP contribution in [0, 0.1) is 6.92 Å². The number of nitrogens with one attached hydrogen (secondary N) is 1. The number of aryl methyl sites for hydroxylation is 1. The van der Waals surface area contributed by atoms with Crippen LogP contribution in [0.25, 0.3) is 0 Å². The van der Waals surface area contributed by atoms with E-state index in [4.69, 9.17) is 0 Å². The smallest absolute Gasteiger partial charge is 0.246 e. The van der Waals surface area contributed by atoms with Gasteiger partial charge < -0.3 is 0 Å². The molecular formula is C13H19N3OS. The van der Waals surface area contributed by atoms with Gasteiger partial charge in [-0.3, -0.25) is 4.79 Å². The minimum Gasteiger partial charge on any atom is -0.273 e. The SMILES string of the molecule is Cc1csc(CC(=O)NN=C2CCCCCC2)n1. The standard InChI is InChI=1S/C13H19N3OS/c1-10-9-18-13(14-10)8-12(17)16-15-11-6-4-2-3-5-7-11/h9H,2-8H2,1H3,(H,16,17). The van der Waals surface area contributed by atoms with E-state index in [1.165, 1.54) is 37.0 Å². The fraction of sp³-hybridized carbons (Fsp3) is 0.615. The summed E-state index contributed by atoms with van der Waals surface area (Å²) >= 11 is 1.52. The lowest BCUT2D eigenvalue weighted by molar-refractivity contribution is -0.120. The molecule has 0 atom stereocenters. The largest absolute Gasteiger partial charge is 0.273 e. The highest BCUT2D eigenvalue weighted by atomic mass is 32.1. The second kappa shape index (κ2) is 6.64. The molecule has 4 nitrogen and oxygen atoms in total. The van der Waals surface area contributed by atoms with E-state index in [0.717, 1.165) is 29.3 Å². The Balaban J connectivity index is 1.81.